The van der Waals surface area contributed by atoms with Gasteiger partial charge in [0.05, 0.1) is 26.8 Å². The number of nitrogens with one attached hydrogen (secondary N) is 1. The molecule has 1 fully saturated rings. The number of hydrogen-bond donors (Lipinski definition) is 1. The van der Waals surface area contributed by atoms with Crippen LogP contribution in [0.4, 0.5) is 0 Å². The molecule has 0 radical (unpaired) electrons. The predicted octanol–water partition coefficient (Wildman–Crippen LogP) is 5.62. The van der Waals surface area contributed by atoms with Crippen molar-refractivity contribution in [2.45, 2.75) is 76.0 Å². The molecular weight excluding hydrogens is 522 g/mol. The lowest BCUT2D eigenvalue weighted by Gasteiger charge is -2.31. The summed E-state index contributed by atoms with van der Waals surface area (Å²) in [5.41, 5.74) is 7.16. The van der Waals surface area contributed by atoms with E-state index in [4.69, 9.17) is 14.7 Å². The maximum Gasteiger partial charge on any atom is 0.185 e. The lowest BCUT2D eigenvalue weighted by atomic mass is 9.81. The summed E-state index contributed by atoms with van der Waals surface area (Å²) in [6, 6.07) is 9.25. The smallest absolute Gasteiger partial charge is 0.185 e. The summed E-state index contributed by atoms with van der Waals surface area (Å²) in [5.74, 6) is 1.86. The van der Waals surface area contributed by atoms with Gasteiger partial charge >= 0.3 is 0 Å². The number of fused-ring (bicyclic) bond motifs is 2. The van der Waals surface area contributed by atoms with Crippen LogP contribution in [-0.2, 0) is 16.3 Å². The van der Waals surface area contributed by atoms with Crippen molar-refractivity contribution < 1.29 is 13.2 Å². The van der Waals surface area contributed by atoms with E-state index >= 15 is 0 Å². The third-order valence-corrected chi connectivity index (χ3v) is 10.7. The van der Waals surface area contributed by atoms with Gasteiger partial charge in [0.1, 0.15) is 11.9 Å². The predicted molar refractivity (Wildman–Crippen MR) is 158 cm³/mol. The molecule has 40 heavy (non-hydrogen) atoms. The molecule has 1 N–H and O–H groups in total. The van der Waals surface area contributed by atoms with Gasteiger partial charge in [-0.3, -0.25) is 5.10 Å². The molecule has 210 valence electrons. The molecule has 9 heteroatoms. The zero-order valence-electron chi connectivity index (χ0n) is 24.1. The highest BCUT2D eigenvalue weighted by Crippen LogP contribution is 2.46. The average molecular weight is 560 g/mol. The van der Waals surface area contributed by atoms with Gasteiger partial charge in [0.25, 0.3) is 0 Å². The van der Waals surface area contributed by atoms with E-state index in [-0.39, 0.29) is 11.0 Å². The summed E-state index contributed by atoms with van der Waals surface area (Å²) in [6.07, 6.45) is 3.20. The number of likely N-dealkylation sites (tertiary alicyclic amines) is 1. The summed E-state index contributed by atoms with van der Waals surface area (Å²) in [5, 5.41) is 7.67. The van der Waals surface area contributed by atoms with Gasteiger partial charge in [0, 0.05) is 23.2 Å². The molecule has 2 aliphatic heterocycles. The van der Waals surface area contributed by atoms with Gasteiger partial charge < -0.3 is 9.64 Å². The van der Waals surface area contributed by atoms with Gasteiger partial charge in [-0.25, -0.2) is 18.4 Å². The van der Waals surface area contributed by atoms with E-state index in [1.54, 1.807) is 26.0 Å². The van der Waals surface area contributed by atoms with Crippen molar-refractivity contribution in [1.82, 2.24) is 25.1 Å². The molecule has 1 saturated heterocycles. The molecule has 8 nitrogen and oxygen atoms in total. The van der Waals surface area contributed by atoms with Crippen molar-refractivity contribution in [3.05, 3.63) is 52.7 Å². The second-order valence-electron chi connectivity index (χ2n) is 11.7. The van der Waals surface area contributed by atoms with E-state index < -0.39 is 15.1 Å². The fraction of sp³-hybridized carbons (Fsp3) is 0.452. The third kappa shape index (κ3) is 4.39. The third-order valence-electron chi connectivity index (χ3n) is 8.47. The van der Waals surface area contributed by atoms with E-state index in [0.717, 1.165) is 54.7 Å². The highest BCUT2D eigenvalue weighted by atomic mass is 32.2. The van der Waals surface area contributed by atoms with E-state index in [0.29, 0.717) is 28.6 Å². The summed E-state index contributed by atoms with van der Waals surface area (Å²) in [6.45, 7) is 11.8. The van der Waals surface area contributed by atoms with Crippen molar-refractivity contribution in [1.29, 1.82) is 0 Å². The van der Waals surface area contributed by atoms with Gasteiger partial charge in [0.15, 0.2) is 21.3 Å². The first kappa shape index (κ1) is 26.9. The van der Waals surface area contributed by atoms with Crippen molar-refractivity contribution in [2.24, 2.45) is 0 Å². The van der Waals surface area contributed by atoms with Crippen molar-refractivity contribution in [2.75, 3.05) is 20.1 Å². The number of hydrogen-bond acceptors (Lipinski definition) is 7. The number of aromatic amines is 1. The Morgan fingerprint density at radius 2 is 1.80 bits per heavy atom. The quantitative estimate of drug-likeness (QED) is 0.339. The molecule has 4 aromatic rings. The first-order chi connectivity index (χ1) is 19.1. The standard InChI is InChI=1S/C31H37N5O3S/c1-17(2)40(37,38)25-10-8-7-9-22(25)28-27-20(5)34-35-31(27)33-30(32-28)24-15-18(3)26(21-11-13-36(6)14-12-21)23-16-19(4)39-29(23)24/h7-10,15,17,19,21H,11-14,16H2,1-6H3,(H,32,33,34,35). The molecule has 1 atom stereocenters. The van der Waals surface area contributed by atoms with Crippen LogP contribution in [0.25, 0.3) is 33.7 Å². The lowest BCUT2D eigenvalue weighted by Crippen LogP contribution is -2.29. The Hall–Kier alpha value is -3.30. The first-order valence-electron chi connectivity index (χ1n) is 14.1. The van der Waals surface area contributed by atoms with Gasteiger partial charge in [-0.05, 0) is 96.8 Å². The van der Waals surface area contributed by atoms with Gasteiger partial charge in [-0.15, -0.1) is 0 Å². The number of rotatable bonds is 5. The van der Waals surface area contributed by atoms with E-state index in [2.05, 4.69) is 42.1 Å². The number of piperidine rings is 1. The van der Waals surface area contributed by atoms with Crippen LogP contribution in [0.3, 0.4) is 0 Å². The van der Waals surface area contributed by atoms with E-state index in [1.807, 2.05) is 19.1 Å². The fourth-order valence-corrected chi connectivity index (χ4v) is 7.58. The Balaban J connectivity index is 1.58. The zero-order valence-corrected chi connectivity index (χ0v) is 24.9. The van der Waals surface area contributed by atoms with Crippen molar-refractivity contribution >= 4 is 20.9 Å². The number of aryl methyl sites for hydroxylation is 2. The number of nitrogens with zero attached hydrogens (tertiary/aromatic N) is 4. The Morgan fingerprint density at radius 1 is 1.07 bits per heavy atom. The van der Waals surface area contributed by atoms with Crippen molar-refractivity contribution in [3.8, 4) is 28.4 Å². The summed E-state index contributed by atoms with van der Waals surface area (Å²) >= 11 is 0. The molecule has 1 unspecified atom stereocenters. The molecule has 0 aliphatic carbocycles. The summed E-state index contributed by atoms with van der Waals surface area (Å²) in [4.78, 5) is 12.6. The molecule has 2 aliphatic rings. The van der Waals surface area contributed by atoms with Crippen LogP contribution in [0.15, 0.2) is 35.2 Å². The lowest BCUT2D eigenvalue weighted by molar-refractivity contribution is 0.254. The minimum Gasteiger partial charge on any atom is -0.489 e. The number of H-pyrrole nitrogens is 1. The fourth-order valence-electron chi connectivity index (χ4n) is 6.33. The van der Waals surface area contributed by atoms with Gasteiger partial charge in [-0.1, -0.05) is 18.2 Å². The Bertz CT molecular complexity index is 1720. The minimum absolute atomic E-state index is 0.0632. The highest BCUT2D eigenvalue weighted by molar-refractivity contribution is 7.92. The largest absolute Gasteiger partial charge is 0.489 e. The van der Waals surface area contributed by atoms with Crippen LogP contribution in [0.2, 0.25) is 0 Å². The van der Waals surface area contributed by atoms with Crippen LogP contribution in [0.5, 0.6) is 5.75 Å². The molecular formula is C31H37N5O3S. The second kappa shape index (κ2) is 9.96. The SMILES string of the molecule is Cc1cc(-c2nc(-c3ccccc3S(=O)(=O)C(C)C)c3c(C)[nH]nc3n2)c2c(c1C1CCN(C)CC1)CC(C)O2. The normalized spacial score (nSPS) is 18.4. The number of sulfone groups is 1. The monoisotopic (exact) mass is 559 g/mol. The minimum atomic E-state index is -3.56. The molecule has 0 amide bonds. The summed E-state index contributed by atoms with van der Waals surface area (Å²) in [7, 11) is -1.37. The number of aromatic nitrogens is 4. The molecule has 0 bridgehead atoms. The molecule has 2 aromatic heterocycles. The number of ether oxygens (including phenoxy) is 1. The van der Waals surface area contributed by atoms with Crippen LogP contribution in [-0.4, -0.2) is 65.0 Å². The molecule has 0 spiro atoms. The Kier molecular flexibility index (Phi) is 6.70. The van der Waals surface area contributed by atoms with Gasteiger partial charge in [-0.2, -0.15) is 5.10 Å². The average Bonchev–Trinajstić information content (AvgIpc) is 3.50. The van der Waals surface area contributed by atoms with Crippen LogP contribution in [0, 0.1) is 13.8 Å². The van der Waals surface area contributed by atoms with Crippen LogP contribution in [0.1, 0.15) is 61.9 Å². The first-order valence-corrected chi connectivity index (χ1v) is 15.7. The highest BCUT2D eigenvalue weighted by Gasteiger charge is 2.33. The molecule has 6 rings (SSSR count). The Morgan fingerprint density at radius 3 is 2.52 bits per heavy atom. The maximum atomic E-state index is 13.4. The topological polar surface area (TPSA) is 101 Å². The van der Waals surface area contributed by atoms with Crippen LogP contribution >= 0.6 is 0 Å². The molecule has 0 saturated carbocycles. The van der Waals surface area contributed by atoms with E-state index in [1.165, 1.54) is 16.7 Å². The number of benzene rings is 2. The molecule has 4 heterocycles. The Labute approximate surface area is 236 Å². The summed E-state index contributed by atoms with van der Waals surface area (Å²) < 4.78 is 33.2. The maximum absolute atomic E-state index is 13.4. The molecule has 2 aromatic carbocycles. The van der Waals surface area contributed by atoms with Crippen molar-refractivity contribution in [3.63, 3.8) is 0 Å². The van der Waals surface area contributed by atoms with Gasteiger partial charge in [0.2, 0.25) is 0 Å². The second-order valence-corrected chi connectivity index (χ2v) is 14.2. The van der Waals surface area contributed by atoms with E-state index in [9.17, 15) is 8.42 Å². The zero-order chi connectivity index (χ0) is 28.3. The van der Waals surface area contributed by atoms with Crippen LogP contribution < -0.4 is 4.74 Å².